The van der Waals surface area contributed by atoms with Gasteiger partial charge in [-0.05, 0) is 44.5 Å². The third kappa shape index (κ3) is 7.43. The minimum absolute atomic E-state index is 0.208. The fraction of sp³-hybridized carbons (Fsp3) is 0.786. The highest BCUT2D eigenvalue weighted by atomic mass is 35.5. The molecule has 7 heteroatoms. The molecule has 1 atom stereocenters. The SMILES string of the molecule is CCCNc1nc(Cl)nc(NC(CC(C)C)CN(C)C)n1. The number of aromatic nitrogens is 3. The quantitative estimate of drug-likeness (QED) is 0.730. The first-order chi connectivity index (χ1) is 9.90. The largest absolute Gasteiger partial charge is 0.354 e. The highest BCUT2D eigenvalue weighted by Gasteiger charge is 2.14. The predicted octanol–water partition coefficient (Wildman–Crippen LogP) is 2.74. The number of halogens is 1. The molecule has 21 heavy (non-hydrogen) atoms. The van der Waals surface area contributed by atoms with E-state index in [1.807, 2.05) is 0 Å². The van der Waals surface area contributed by atoms with Crippen molar-refractivity contribution in [3.63, 3.8) is 0 Å². The Morgan fingerprint density at radius 2 is 1.81 bits per heavy atom. The molecule has 0 aromatic carbocycles. The van der Waals surface area contributed by atoms with Gasteiger partial charge in [0.2, 0.25) is 17.2 Å². The molecule has 0 aliphatic carbocycles. The Kier molecular flexibility index (Phi) is 7.67. The summed E-state index contributed by atoms with van der Waals surface area (Å²) in [6.07, 6.45) is 2.04. The number of rotatable bonds is 9. The molecule has 6 nitrogen and oxygen atoms in total. The van der Waals surface area contributed by atoms with Crippen LogP contribution in [0.25, 0.3) is 0 Å². The molecule has 120 valence electrons. The molecule has 1 heterocycles. The molecule has 0 amide bonds. The molecule has 0 radical (unpaired) electrons. The van der Waals surface area contributed by atoms with Crippen molar-refractivity contribution >= 4 is 23.5 Å². The Bertz CT molecular complexity index is 414. The standard InChI is InChI=1S/C14H27ClN6/c1-6-7-16-13-18-12(15)19-14(20-13)17-11(8-10(2)3)9-21(4)5/h10-11H,6-9H2,1-5H3,(H2,16,17,18,19,20). The van der Waals surface area contributed by atoms with Crippen LogP contribution >= 0.6 is 11.6 Å². The average Bonchev–Trinajstić information content (AvgIpc) is 2.33. The van der Waals surface area contributed by atoms with Crippen LogP contribution in [0.3, 0.4) is 0 Å². The maximum atomic E-state index is 5.97. The normalized spacial score (nSPS) is 12.8. The minimum Gasteiger partial charge on any atom is -0.354 e. The molecular formula is C14H27ClN6. The highest BCUT2D eigenvalue weighted by molar-refractivity contribution is 6.28. The van der Waals surface area contributed by atoms with Gasteiger partial charge in [-0.3, -0.25) is 0 Å². The van der Waals surface area contributed by atoms with Crippen molar-refractivity contribution < 1.29 is 0 Å². The summed E-state index contributed by atoms with van der Waals surface area (Å²) in [7, 11) is 4.12. The van der Waals surface area contributed by atoms with E-state index in [0.29, 0.717) is 17.8 Å². The van der Waals surface area contributed by atoms with Gasteiger partial charge in [-0.2, -0.15) is 15.0 Å². The van der Waals surface area contributed by atoms with Gasteiger partial charge in [0.25, 0.3) is 0 Å². The van der Waals surface area contributed by atoms with E-state index in [0.717, 1.165) is 25.9 Å². The maximum absolute atomic E-state index is 5.97. The molecule has 0 spiro atoms. The number of likely N-dealkylation sites (N-methyl/N-ethyl adjacent to an activating group) is 1. The van der Waals surface area contributed by atoms with Gasteiger partial charge in [0.15, 0.2) is 0 Å². The molecule has 1 rings (SSSR count). The second kappa shape index (κ2) is 9.00. The Morgan fingerprint density at radius 1 is 1.14 bits per heavy atom. The highest BCUT2D eigenvalue weighted by Crippen LogP contribution is 2.14. The lowest BCUT2D eigenvalue weighted by molar-refractivity contribution is 0.355. The van der Waals surface area contributed by atoms with Crippen LogP contribution in [0.5, 0.6) is 0 Å². The van der Waals surface area contributed by atoms with E-state index in [4.69, 9.17) is 11.6 Å². The van der Waals surface area contributed by atoms with Crippen LogP contribution in [0.4, 0.5) is 11.9 Å². The molecular weight excluding hydrogens is 288 g/mol. The van der Waals surface area contributed by atoms with Crippen molar-refractivity contribution in [2.24, 2.45) is 5.92 Å². The molecule has 0 fully saturated rings. The van der Waals surface area contributed by atoms with Crippen LogP contribution in [0.1, 0.15) is 33.6 Å². The molecule has 1 unspecified atom stereocenters. The zero-order valence-corrected chi connectivity index (χ0v) is 14.4. The summed E-state index contributed by atoms with van der Waals surface area (Å²) >= 11 is 5.97. The predicted molar refractivity (Wildman–Crippen MR) is 89.0 cm³/mol. The van der Waals surface area contributed by atoms with Crippen molar-refractivity contribution in [3.8, 4) is 0 Å². The summed E-state index contributed by atoms with van der Waals surface area (Å²) in [4.78, 5) is 14.8. The Labute approximate surface area is 132 Å². The van der Waals surface area contributed by atoms with E-state index in [-0.39, 0.29) is 11.3 Å². The molecule has 0 bridgehead atoms. The van der Waals surface area contributed by atoms with Crippen LogP contribution in [-0.2, 0) is 0 Å². The van der Waals surface area contributed by atoms with Crippen LogP contribution < -0.4 is 10.6 Å². The number of hydrogen-bond donors (Lipinski definition) is 2. The second-order valence-electron chi connectivity index (χ2n) is 5.91. The van der Waals surface area contributed by atoms with E-state index in [1.54, 1.807) is 0 Å². The first-order valence-electron chi connectivity index (χ1n) is 7.47. The van der Waals surface area contributed by atoms with Gasteiger partial charge in [0, 0.05) is 19.1 Å². The third-order valence-electron chi connectivity index (χ3n) is 2.82. The molecule has 1 aromatic rings. The summed E-state index contributed by atoms with van der Waals surface area (Å²) in [5, 5.41) is 6.71. The lowest BCUT2D eigenvalue weighted by Gasteiger charge is -2.24. The number of hydrogen-bond acceptors (Lipinski definition) is 6. The van der Waals surface area contributed by atoms with Gasteiger partial charge in [-0.15, -0.1) is 0 Å². The first kappa shape index (κ1) is 17.9. The zero-order valence-electron chi connectivity index (χ0n) is 13.6. The Balaban J connectivity index is 2.78. The molecule has 1 aromatic heterocycles. The zero-order chi connectivity index (χ0) is 15.8. The Morgan fingerprint density at radius 3 is 2.38 bits per heavy atom. The van der Waals surface area contributed by atoms with E-state index < -0.39 is 0 Å². The van der Waals surface area contributed by atoms with Gasteiger partial charge in [0.05, 0.1) is 0 Å². The van der Waals surface area contributed by atoms with E-state index >= 15 is 0 Å². The Hall–Kier alpha value is -1.14. The van der Waals surface area contributed by atoms with Gasteiger partial charge in [0.1, 0.15) is 0 Å². The number of nitrogens with zero attached hydrogens (tertiary/aromatic N) is 4. The summed E-state index contributed by atoms with van der Waals surface area (Å²) in [6, 6.07) is 0.275. The van der Waals surface area contributed by atoms with Crippen LogP contribution in [-0.4, -0.2) is 53.1 Å². The van der Waals surface area contributed by atoms with Gasteiger partial charge in [-0.1, -0.05) is 20.8 Å². The molecule has 0 aliphatic heterocycles. The average molecular weight is 315 g/mol. The monoisotopic (exact) mass is 314 g/mol. The van der Waals surface area contributed by atoms with Crippen molar-refractivity contribution in [1.29, 1.82) is 0 Å². The van der Waals surface area contributed by atoms with Crippen LogP contribution in [0, 0.1) is 5.92 Å². The number of anilines is 2. The maximum Gasteiger partial charge on any atom is 0.229 e. The van der Waals surface area contributed by atoms with Gasteiger partial charge < -0.3 is 15.5 Å². The lowest BCUT2D eigenvalue weighted by atomic mass is 10.0. The topological polar surface area (TPSA) is 66.0 Å². The summed E-state index contributed by atoms with van der Waals surface area (Å²) in [6.45, 7) is 8.23. The fourth-order valence-corrected chi connectivity index (χ4v) is 2.26. The smallest absolute Gasteiger partial charge is 0.229 e. The summed E-state index contributed by atoms with van der Waals surface area (Å²) in [5.74, 6) is 1.64. The van der Waals surface area contributed by atoms with Crippen molar-refractivity contribution in [2.45, 2.75) is 39.7 Å². The molecule has 2 N–H and O–H groups in total. The van der Waals surface area contributed by atoms with Crippen molar-refractivity contribution in [3.05, 3.63) is 5.28 Å². The van der Waals surface area contributed by atoms with Crippen LogP contribution in [0.15, 0.2) is 0 Å². The minimum atomic E-state index is 0.208. The van der Waals surface area contributed by atoms with E-state index in [1.165, 1.54) is 0 Å². The molecule has 0 aliphatic rings. The lowest BCUT2D eigenvalue weighted by Crippen LogP contribution is -2.34. The summed E-state index contributed by atoms with van der Waals surface area (Å²) in [5.41, 5.74) is 0. The van der Waals surface area contributed by atoms with Gasteiger partial charge in [-0.25, -0.2) is 0 Å². The second-order valence-corrected chi connectivity index (χ2v) is 6.25. The fourth-order valence-electron chi connectivity index (χ4n) is 2.10. The van der Waals surface area contributed by atoms with Crippen LogP contribution in [0.2, 0.25) is 5.28 Å². The summed E-state index contributed by atoms with van der Waals surface area (Å²) < 4.78 is 0. The first-order valence-corrected chi connectivity index (χ1v) is 7.85. The van der Waals surface area contributed by atoms with E-state index in [2.05, 4.69) is 65.4 Å². The molecule has 0 saturated heterocycles. The van der Waals surface area contributed by atoms with Crippen molar-refractivity contribution in [1.82, 2.24) is 19.9 Å². The third-order valence-corrected chi connectivity index (χ3v) is 2.98. The van der Waals surface area contributed by atoms with E-state index in [9.17, 15) is 0 Å². The molecule has 0 saturated carbocycles. The van der Waals surface area contributed by atoms with Gasteiger partial charge >= 0.3 is 0 Å². The number of nitrogens with one attached hydrogen (secondary N) is 2. The van der Waals surface area contributed by atoms with Crippen molar-refractivity contribution in [2.75, 3.05) is 37.8 Å².